The van der Waals surface area contributed by atoms with Crippen molar-refractivity contribution in [2.75, 3.05) is 13.1 Å². The van der Waals surface area contributed by atoms with Crippen molar-refractivity contribution < 1.29 is 14.0 Å². The van der Waals surface area contributed by atoms with Crippen LogP contribution in [0.2, 0.25) is 0 Å². The van der Waals surface area contributed by atoms with Gasteiger partial charge >= 0.3 is 0 Å². The van der Waals surface area contributed by atoms with Crippen LogP contribution in [0.3, 0.4) is 0 Å². The molecule has 0 atom stereocenters. The highest BCUT2D eigenvalue weighted by Gasteiger charge is 2.41. The van der Waals surface area contributed by atoms with Crippen LogP contribution in [0.15, 0.2) is 28.7 Å². The predicted molar refractivity (Wildman–Crippen MR) is 84.9 cm³/mol. The smallest absolute Gasteiger partial charge is 0.264 e. The van der Waals surface area contributed by atoms with E-state index in [0.717, 1.165) is 16.4 Å². The first kappa shape index (κ1) is 14.8. The largest absolute Gasteiger partial charge is 0.461 e. The van der Waals surface area contributed by atoms with Gasteiger partial charge in [-0.2, -0.15) is 0 Å². The zero-order chi connectivity index (χ0) is 15.9. The Morgan fingerprint density at radius 3 is 2.77 bits per heavy atom. The number of rotatable bonds is 2. The van der Waals surface area contributed by atoms with Gasteiger partial charge < -0.3 is 14.6 Å². The average molecular weight is 318 g/mol. The van der Waals surface area contributed by atoms with E-state index in [9.17, 15) is 9.59 Å². The molecule has 0 saturated carbocycles. The number of amides is 2. The quantitative estimate of drug-likeness (QED) is 0.926. The van der Waals surface area contributed by atoms with Gasteiger partial charge in [0.2, 0.25) is 5.91 Å². The fourth-order valence-corrected chi connectivity index (χ4v) is 3.46. The summed E-state index contributed by atoms with van der Waals surface area (Å²) in [5, 5.41) is 2.80. The van der Waals surface area contributed by atoms with E-state index in [2.05, 4.69) is 5.32 Å². The number of thiophene rings is 1. The first-order chi connectivity index (χ1) is 10.4. The summed E-state index contributed by atoms with van der Waals surface area (Å²) in [7, 11) is 0. The molecular weight excluding hydrogens is 300 g/mol. The van der Waals surface area contributed by atoms with Gasteiger partial charge in [-0.25, -0.2) is 0 Å². The first-order valence-corrected chi connectivity index (χ1v) is 7.98. The molecule has 2 aromatic heterocycles. The van der Waals surface area contributed by atoms with E-state index in [4.69, 9.17) is 4.42 Å². The van der Waals surface area contributed by atoms with E-state index < -0.39 is 5.54 Å². The minimum Gasteiger partial charge on any atom is -0.461 e. The Morgan fingerprint density at radius 1 is 1.32 bits per heavy atom. The van der Waals surface area contributed by atoms with Crippen LogP contribution in [0.1, 0.15) is 29.3 Å². The SMILES string of the molecule is Cc1ccc(-c2ccc(C(=O)N3CCNC(=O)C3(C)C)s2)o1. The van der Waals surface area contributed by atoms with Crippen molar-refractivity contribution in [3.63, 3.8) is 0 Å². The maximum atomic E-state index is 12.7. The normalized spacial score (nSPS) is 17.4. The second-order valence-electron chi connectivity index (χ2n) is 5.85. The van der Waals surface area contributed by atoms with Gasteiger partial charge in [0.25, 0.3) is 5.91 Å². The number of carbonyl (C=O) groups excluding carboxylic acids is 2. The lowest BCUT2D eigenvalue weighted by molar-refractivity contribution is -0.133. The Bertz CT molecular complexity index is 729. The van der Waals surface area contributed by atoms with Crippen LogP contribution in [-0.4, -0.2) is 35.3 Å². The highest BCUT2D eigenvalue weighted by molar-refractivity contribution is 7.17. The lowest BCUT2D eigenvalue weighted by atomic mass is 9.98. The Labute approximate surface area is 132 Å². The topological polar surface area (TPSA) is 62.6 Å². The molecule has 22 heavy (non-hydrogen) atoms. The lowest BCUT2D eigenvalue weighted by Crippen LogP contribution is -2.63. The highest BCUT2D eigenvalue weighted by Crippen LogP contribution is 2.31. The fourth-order valence-electron chi connectivity index (χ4n) is 2.54. The second-order valence-corrected chi connectivity index (χ2v) is 6.93. The van der Waals surface area contributed by atoms with E-state index in [1.165, 1.54) is 11.3 Å². The van der Waals surface area contributed by atoms with Crippen LogP contribution < -0.4 is 5.32 Å². The molecule has 6 heteroatoms. The molecule has 1 aliphatic heterocycles. The second kappa shape index (κ2) is 5.28. The van der Waals surface area contributed by atoms with Crippen molar-refractivity contribution >= 4 is 23.2 Å². The predicted octanol–water partition coefficient (Wildman–Crippen LogP) is 2.67. The van der Waals surface area contributed by atoms with Gasteiger partial charge in [0.1, 0.15) is 17.1 Å². The van der Waals surface area contributed by atoms with E-state index in [0.29, 0.717) is 18.0 Å². The van der Waals surface area contributed by atoms with Crippen LogP contribution in [0, 0.1) is 6.92 Å². The van der Waals surface area contributed by atoms with Crippen molar-refractivity contribution in [1.82, 2.24) is 10.2 Å². The molecule has 1 saturated heterocycles. The first-order valence-electron chi connectivity index (χ1n) is 7.16. The molecular formula is C16H18N2O3S. The number of piperazine rings is 1. The van der Waals surface area contributed by atoms with Gasteiger partial charge in [-0.15, -0.1) is 11.3 Å². The lowest BCUT2D eigenvalue weighted by Gasteiger charge is -2.40. The van der Waals surface area contributed by atoms with Crippen molar-refractivity contribution in [3.05, 3.63) is 34.9 Å². The Balaban J connectivity index is 1.87. The molecule has 5 nitrogen and oxygen atoms in total. The van der Waals surface area contributed by atoms with Crippen molar-refractivity contribution in [3.8, 4) is 10.6 Å². The molecule has 0 unspecified atom stereocenters. The zero-order valence-corrected chi connectivity index (χ0v) is 13.6. The van der Waals surface area contributed by atoms with Crippen LogP contribution in [-0.2, 0) is 4.79 Å². The molecule has 116 valence electrons. The number of carbonyl (C=O) groups is 2. The maximum absolute atomic E-state index is 12.7. The van der Waals surface area contributed by atoms with E-state index >= 15 is 0 Å². The number of nitrogens with one attached hydrogen (secondary N) is 1. The molecule has 0 bridgehead atoms. The summed E-state index contributed by atoms with van der Waals surface area (Å²) in [6.07, 6.45) is 0. The van der Waals surface area contributed by atoms with Gasteiger partial charge in [-0.3, -0.25) is 9.59 Å². The number of furan rings is 1. The summed E-state index contributed by atoms with van der Waals surface area (Å²) >= 11 is 1.39. The third-order valence-electron chi connectivity index (χ3n) is 3.90. The van der Waals surface area contributed by atoms with Crippen molar-refractivity contribution in [2.24, 2.45) is 0 Å². The van der Waals surface area contributed by atoms with E-state index in [1.54, 1.807) is 24.8 Å². The molecule has 0 spiro atoms. The van der Waals surface area contributed by atoms with Crippen molar-refractivity contribution in [1.29, 1.82) is 0 Å². The minimum atomic E-state index is -0.833. The standard InChI is InChI=1S/C16H18N2O3S/c1-10-4-5-11(21-10)12-6-7-13(22-12)14(19)18-9-8-17-15(20)16(18,2)3/h4-7H,8-9H2,1-3H3,(H,17,20). The van der Waals surface area contributed by atoms with Crippen molar-refractivity contribution in [2.45, 2.75) is 26.3 Å². The molecule has 3 rings (SSSR count). The van der Waals surface area contributed by atoms with Crippen LogP contribution >= 0.6 is 11.3 Å². The van der Waals surface area contributed by atoms with Gasteiger partial charge in [-0.1, -0.05) is 0 Å². The van der Waals surface area contributed by atoms with Crippen LogP contribution in [0.4, 0.5) is 0 Å². The van der Waals surface area contributed by atoms with Crippen LogP contribution in [0.5, 0.6) is 0 Å². The third-order valence-corrected chi connectivity index (χ3v) is 4.98. The summed E-state index contributed by atoms with van der Waals surface area (Å²) in [5.74, 6) is 1.37. The van der Waals surface area contributed by atoms with Crippen LogP contribution in [0.25, 0.3) is 10.6 Å². The average Bonchev–Trinajstić information content (AvgIpc) is 3.09. The molecule has 0 aromatic carbocycles. The Kier molecular flexibility index (Phi) is 3.56. The highest BCUT2D eigenvalue weighted by atomic mass is 32.1. The Morgan fingerprint density at radius 2 is 2.09 bits per heavy atom. The van der Waals surface area contributed by atoms with Gasteiger partial charge in [-0.05, 0) is 45.0 Å². The summed E-state index contributed by atoms with van der Waals surface area (Å²) in [6.45, 7) is 6.43. The Hall–Kier alpha value is -2.08. The summed E-state index contributed by atoms with van der Waals surface area (Å²) < 4.78 is 5.59. The summed E-state index contributed by atoms with van der Waals surface area (Å²) in [6, 6.07) is 7.47. The number of hydrogen-bond donors (Lipinski definition) is 1. The molecule has 1 N–H and O–H groups in total. The number of hydrogen-bond acceptors (Lipinski definition) is 4. The molecule has 2 amide bonds. The maximum Gasteiger partial charge on any atom is 0.264 e. The fraction of sp³-hybridized carbons (Fsp3) is 0.375. The van der Waals surface area contributed by atoms with E-state index in [-0.39, 0.29) is 11.8 Å². The zero-order valence-electron chi connectivity index (χ0n) is 12.8. The molecule has 0 aliphatic carbocycles. The molecule has 3 heterocycles. The summed E-state index contributed by atoms with van der Waals surface area (Å²) in [4.78, 5) is 27.9. The minimum absolute atomic E-state index is 0.112. The molecule has 1 aliphatic rings. The monoisotopic (exact) mass is 318 g/mol. The molecule has 1 fully saturated rings. The molecule has 0 radical (unpaired) electrons. The molecule has 2 aromatic rings. The van der Waals surface area contributed by atoms with Gasteiger partial charge in [0.05, 0.1) is 9.75 Å². The third kappa shape index (κ3) is 2.43. The van der Waals surface area contributed by atoms with Gasteiger partial charge in [0, 0.05) is 13.1 Å². The number of nitrogens with zero attached hydrogens (tertiary/aromatic N) is 1. The van der Waals surface area contributed by atoms with E-state index in [1.807, 2.05) is 25.1 Å². The van der Waals surface area contributed by atoms with Gasteiger partial charge in [0.15, 0.2) is 0 Å². The summed E-state index contributed by atoms with van der Waals surface area (Å²) in [5.41, 5.74) is -0.833. The number of aryl methyl sites for hydroxylation is 1.